The normalized spacial score (nSPS) is 9.98. The summed E-state index contributed by atoms with van der Waals surface area (Å²) < 4.78 is 0. The summed E-state index contributed by atoms with van der Waals surface area (Å²) in [5.41, 5.74) is 0. The van der Waals surface area contributed by atoms with E-state index in [1.54, 1.807) is 0 Å². The van der Waals surface area contributed by atoms with Crippen molar-refractivity contribution in [1.82, 2.24) is 0 Å². The van der Waals surface area contributed by atoms with Crippen LogP contribution in [-0.4, -0.2) is 97.0 Å². The Morgan fingerprint density at radius 2 is 0.196 bits per heavy atom. The van der Waals surface area contributed by atoms with E-state index in [1.165, 1.54) is 257 Å². The first-order valence-electron chi connectivity index (χ1n) is 39.9. The third kappa shape index (κ3) is 161. The first-order valence-corrected chi connectivity index (χ1v) is 39.9. The number of aliphatic carboxylic acids is 8. The first kappa shape index (κ1) is 111. The number of hydrogen-bond acceptors (Lipinski definition) is 8. The monoisotopic (exact) mass is 1390 g/mol. The minimum Gasteiger partial charge on any atom is -0.481 e. The summed E-state index contributed by atoms with van der Waals surface area (Å²) >= 11 is 0. The predicted molar refractivity (Wildman–Crippen MR) is 408 cm³/mol. The van der Waals surface area contributed by atoms with Gasteiger partial charge in [-0.2, -0.15) is 0 Å². The molecule has 0 unspecified atom stereocenters. The van der Waals surface area contributed by atoms with Gasteiger partial charge in [-0.05, 0) is 51.4 Å². The van der Waals surface area contributed by atoms with Crippen molar-refractivity contribution in [3.8, 4) is 0 Å². The van der Waals surface area contributed by atoms with E-state index in [-0.39, 0.29) is 8.41 Å². The maximum Gasteiger partial charge on any atom is 0.303 e. The van der Waals surface area contributed by atoms with Crippen LogP contribution in [-0.2, 0) is 38.4 Å². The Hall–Kier alpha value is -4.18. The summed E-state index contributed by atoms with van der Waals surface area (Å²) in [5, 5.41) is 66.8. The summed E-state index contributed by atoms with van der Waals surface area (Å²) in [5.74, 6) is -5.31. The SMILES string of the molecule is CCCCCCCCCC(=O)O.CCCCCCCCCC(=O)O.CCCCCCCCCC(=O)O.CCCCCCCCCC(=O)O.CCCCCCCCCC(=O)O.CCCCCCCCCC(=O)O.CCCCCCCCCC(=O)O.CCCCCCCCCC(=O)O.[B]. The summed E-state index contributed by atoms with van der Waals surface area (Å²) in [6.45, 7) is 17.6. The van der Waals surface area contributed by atoms with Crippen molar-refractivity contribution in [3.05, 3.63) is 0 Å². The molecule has 0 aliphatic rings. The largest absolute Gasteiger partial charge is 0.481 e. The molecule has 8 N–H and O–H groups in total. The van der Waals surface area contributed by atoms with Gasteiger partial charge in [-0.25, -0.2) is 0 Å². The lowest BCUT2D eigenvalue weighted by Crippen LogP contribution is -1.93. The molecule has 16 nitrogen and oxygen atoms in total. The second-order valence-corrected chi connectivity index (χ2v) is 26.1. The Morgan fingerprint density at radius 1 is 0.134 bits per heavy atom. The zero-order chi connectivity index (χ0) is 73.9. The number of carbonyl (C=O) groups is 8. The fourth-order valence-electron chi connectivity index (χ4n) is 9.87. The summed E-state index contributed by atoms with van der Waals surface area (Å²) in [4.78, 5) is 81.1. The lowest BCUT2D eigenvalue weighted by molar-refractivity contribution is -0.138. The lowest BCUT2D eigenvalue weighted by Gasteiger charge is -1.98. The van der Waals surface area contributed by atoms with Crippen LogP contribution in [0.4, 0.5) is 0 Å². The van der Waals surface area contributed by atoms with Gasteiger partial charge in [0.15, 0.2) is 0 Å². The van der Waals surface area contributed by atoms with Crippen LogP contribution in [0.2, 0.25) is 0 Å². The molecule has 579 valence electrons. The minimum atomic E-state index is -0.663. The van der Waals surface area contributed by atoms with E-state index in [1.807, 2.05) is 0 Å². The van der Waals surface area contributed by atoms with Gasteiger partial charge in [-0.3, -0.25) is 38.4 Å². The average molecular weight is 1390 g/mol. The molecule has 0 aliphatic heterocycles. The molecule has 0 spiro atoms. The van der Waals surface area contributed by atoms with Crippen molar-refractivity contribution in [1.29, 1.82) is 0 Å². The molecule has 0 saturated carbocycles. The molecule has 3 radical (unpaired) electrons. The molecule has 0 aromatic carbocycles. The van der Waals surface area contributed by atoms with Crippen LogP contribution < -0.4 is 0 Å². The molecular weight excluding hydrogens is 1230 g/mol. The van der Waals surface area contributed by atoms with E-state index in [0.717, 1.165) is 103 Å². The second kappa shape index (κ2) is 108. The molecule has 97 heavy (non-hydrogen) atoms. The van der Waals surface area contributed by atoms with E-state index in [9.17, 15) is 38.4 Å². The quantitative estimate of drug-likeness (QED) is 0.0207. The molecular formula is C80H160BO16. The third-order valence-electron chi connectivity index (χ3n) is 16.0. The highest BCUT2D eigenvalue weighted by atomic mass is 16.4. The van der Waals surface area contributed by atoms with Crippen LogP contribution >= 0.6 is 0 Å². The van der Waals surface area contributed by atoms with Gasteiger partial charge in [0.1, 0.15) is 0 Å². The fourth-order valence-corrected chi connectivity index (χ4v) is 9.87. The molecule has 0 aromatic heterocycles. The van der Waals surface area contributed by atoms with Crippen molar-refractivity contribution in [2.45, 2.75) is 466 Å². The second-order valence-electron chi connectivity index (χ2n) is 26.1. The van der Waals surface area contributed by atoms with Crippen LogP contribution in [0.15, 0.2) is 0 Å². The van der Waals surface area contributed by atoms with E-state index in [0.29, 0.717) is 51.4 Å². The zero-order valence-electron chi connectivity index (χ0n) is 64.7. The van der Waals surface area contributed by atoms with Crippen LogP contribution in [0, 0.1) is 0 Å². The average Bonchev–Trinajstić information content (AvgIpc) is 3.54. The van der Waals surface area contributed by atoms with Gasteiger partial charge in [0.2, 0.25) is 0 Å². The summed E-state index contributed by atoms with van der Waals surface area (Å²) in [7, 11) is 0. The predicted octanol–water partition coefficient (Wildman–Crippen LogP) is 25.3. The van der Waals surface area contributed by atoms with Gasteiger partial charge < -0.3 is 40.9 Å². The van der Waals surface area contributed by atoms with Gasteiger partial charge in [-0.15, -0.1) is 0 Å². The highest BCUT2D eigenvalue weighted by Crippen LogP contribution is 2.14. The molecule has 17 heteroatoms. The van der Waals surface area contributed by atoms with E-state index >= 15 is 0 Å². The Kier molecular flexibility index (Phi) is 124. The van der Waals surface area contributed by atoms with Crippen molar-refractivity contribution >= 4 is 56.2 Å². The molecule has 0 heterocycles. The fraction of sp³-hybridized carbons (Fsp3) is 0.900. The van der Waals surface area contributed by atoms with E-state index < -0.39 is 47.8 Å². The summed E-state index contributed by atoms with van der Waals surface area (Å²) in [6, 6.07) is 0. The number of rotatable bonds is 64. The topological polar surface area (TPSA) is 298 Å². The first-order chi connectivity index (χ1) is 46.2. The van der Waals surface area contributed by atoms with Gasteiger partial charge in [0.05, 0.1) is 0 Å². The number of unbranched alkanes of at least 4 members (excludes halogenated alkanes) is 48. The Labute approximate surface area is 599 Å². The molecule has 0 atom stereocenters. The maximum atomic E-state index is 10.1. The van der Waals surface area contributed by atoms with Crippen LogP contribution in [0.3, 0.4) is 0 Å². The van der Waals surface area contributed by atoms with E-state index in [4.69, 9.17) is 40.9 Å². The number of hydrogen-bond donors (Lipinski definition) is 8. The standard InChI is InChI=1S/8C10H20O2.B/c8*1-2-3-4-5-6-7-8-9-10(11)12;/h8*2-9H2,1H3,(H,11,12);. The highest BCUT2D eigenvalue weighted by molar-refractivity contribution is 5.75. The zero-order valence-corrected chi connectivity index (χ0v) is 64.7. The van der Waals surface area contributed by atoms with Crippen molar-refractivity contribution < 1.29 is 79.2 Å². The Bertz CT molecular complexity index is 1230. The smallest absolute Gasteiger partial charge is 0.303 e. The van der Waals surface area contributed by atoms with Crippen molar-refractivity contribution in [2.24, 2.45) is 0 Å². The molecule has 0 amide bonds. The van der Waals surface area contributed by atoms with Crippen molar-refractivity contribution in [3.63, 3.8) is 0 Å². The Morgan fingerprint density at radius 3 is 0.258 bits per heavy atom. The third-order valence-corrected chi connectivity index (χ3v) is 16.0. The number of carboxylic acid groups (broad SMARTS) is 8. The van der Waals surface area contributed by atoms with Crippen LogP contribution in [0.25, 0.3) is 0 Å². The Balaban J connectivity index is -0.000000130. The number of carboxylic acids is 8. The van der Waals surface area contributed by atoms with Gasteiger partial charge in [0, 0.05) is 59.8 Å². The molecule has 0 aromatic rings. The lowest BCUT2D eigenvalue weighted by atomic mass is 10.1. The summed E-state index contributed by atoms with van der Waals surface area (Å²) in [6.07, 6.45) is 69.1. The van der Waals surface area contributed by atoms with Gasteiger partial charge >= 0.3 is 47.8 Å². The van der Waals surface area contributed by atoms with Crippen molar-refractivity contribution in [2.75, 3.05) is 0 Å². The highest BCUT2D eigenvalue weighted by Gasteiger charge is 2.02. The van der Waals surface area contributed by atoms with E-state index in [2.05, 4.69) is 55.4 Å². The molecule has 0 fully saturated rings. The van der Waals surface area contributed by atoms with Gasteiger partial charge in [-0.1, -0.05) is 364 Å². The molecule has 0 aliphatic carbocycles. The van der Waals surface area contributed by atoms with Crippen LogP contribution in [0.5, 0.6) is 0 Å². The molecule has 0 saturated heterocycles. The molecule has 0 bridgehead atoms. The minimum absolute atomic E-state index is 0. The maximum absolute atomic E-state index is 10.1. The van der Waals surface area contributed by atoms with Crippen LogP contribution in [0.1, 0.15) is 466 Å². The van der Waals surface area contributed by atoms with Gasteiger partial charge in [0.25, 0.3) is 0 Å². The molecule has 0 rings (SSSR count).